The van der Waals surface area contributed by atoms with Gasteiger partial charge in [-0.15, -0.1) is 0 Å². The summed E-state index contributed by atoms with van der Waals surface area (Å²) in [6.45, 7) is 8.79. The maximum absolute atomic E-state index is 14.5. The molecule has 0 aromatic carbocycles. The number of esters is 1. The molecule has 5 heterocycles. The monoisotopic (exact) mass is 523 g/mol. The van der Waals surface area contributed by atoms with Crippen LogP contribution in [0.5, 0.6) is 0 Å². The number of alkyl halides is 2. The van der Waals surface area contributed by atoms with E-state index in [1.54, 1.807) is 25.7 Å². The minimum atomic E-state index is -2.85. The number of nitrogens with zero attached hydrogens (tertiary/aromatic N) is 4. The van der Waals surface area contributed by atoms with Crippen molar-refractivity contribution in [3.05, 3.63) is 18.6 Å². The van der Waals surface area contributed by atoms with E-state index < -0.39 is 60.4 Å². The third-order valence-electron chi connectivity index (χ3n) is 6.94. The Morgan fingerprint density at radius 1 is 1.24 bits per heavy atom. The van der Waals surface area contributed by atoms with Crippen molar-refractivity contribution in [2.24, 2.45) is 0 Å². The molecule has 2 aromatic rings. The Kier molecular flexibility index (Phi) is 6.45. The van der Waals surface area contributed by atoms with Crippen molar-refractivity contribution in [3.63, 3.8) is 0 Å². The van der Waals surface area contributed by atoms with E-state index in [0.717, 1.165) is 0 Å². The minimum absolute atomic E-state index is 0.0673. The highest BCUT2D eigenvalue weighted by Crippen LogP contribution is 2.45. The molecule has 5 atom stereocenters. The number of fused-ring (bicyclic) bond motifs is 2. The second-order valence-corrected chi connectivity index (χ2v) is 11.6. The number of aromatic nitrogens is 3. The zero-order valence-electron chi connectivity index (χ0n) is 21.8. The highest BCUT2D eigenvalue weighted by molar-refractivity contribution is 5.86. The topological polar surface area (TPSA) is 114 Å². The van der Waals surface area contributed by atoms with Gasteiger partial charge >= 0.3 is 5.97 Å². The van der Waals surface area contributed by atoms with Gasteiger partial charge in [-0.1, -0.05) is 0 Å². The van der Waals surface area contributed by atoms with Crippen LogP contribution < -0.4 is 5.73 Å². The molecule has 10 nitrogen and oxygen atoms in total. The summed E-state index contributed by atoms with van der Waals surface area (Å²) in [6, 6.07) is 1.32. The highest BCUT2D eigenvalue weighted by atomic mass is 19.3. The van der Waals surface area contributed by atoms with Crippen molar-refractivity contribution in [1.29, 1.82) is 0 Å². The Balaban J connectivity index is 1.34. The van der Waals surface area contributed by atoms with Gasteiger partial charge in [-0.2, -0.15) is 0 Å². The molecule has 3 aliphatic rings. The summed E-state index contributed by atoms with van der Waals surface area (Å²) < 4.78 is 55.1. The predicted octanol–water partition coefficient (Wildman–Crippen LogP) is 3.26. The molecule has 0 saturated carbocycles. The van der Waals surface area contributed by atoms with E-state index >= 15 is 0 Å². The molecule has 0 unspecified atom stereocenters. The Morgan fingerprint density at radius 3 is 2.70 bits per heavy atom. The number of carbonyl (C=O) groups is 1. The van der Waals surface area contributed by atoms with Crippen LogP contribution in [0.4, 0.5) is 14.6 Å². The fourth-order valence-corrected chi connectivity index (χ4v) is 5.60. The lowest BCUT2D eigenvalue weighted by molar-refractivity contribution is -0.198. The molecule has 3 aliphatic heterocycles. The summed E-state index contributed by atoms with van der Waals surface area (Å²) in [4.78, 5) is 22.4. The van der Waals surface area contributed by atoms with Gasteiger partial charge in [0.15, 0.2) is 12.0 Å². The summed E-state index contributed by atoms with van der Waals surface area (Å²) in [5.74, 6) is -3.76. The largest absolute Gasteiger partial charge is 0.460 e. The molecule has 2 N–H and O–H groups in total. The molecule has 5 rings (SSSR count). The van der Waals surface area contributed by atoms with E-state index in [4.69, 9.17) is 24.7 Å². The van der Waals surface area contributed by atoms with Gasteiger partial charge in [0.05, 0.1) is 11.9 Å². The van der Waals surface area contributed by atoms with Gasteiger partial charge in [-0.05, 0) is 47.1 Å². The van der Waals surface area contributed by atoms with Crippen LogP contribution in [0.25, 0.3) is 11.0 Å². The molecule has 12 heteroatoms. The third-order valence-corrected chi connectivity index (χ3v) is 6.94. The van der Waals surface area contributed by atoms with Gasteiger partial charge < -0.3 is 29.2 Å². The maximum atomic E-state index is 14.5. The third kappa shape index (κ3) is 5.43. The molecule has 0 bridgehead atoms. The summed E-state index contributed by atoms with van der Waals surface area (Å²) in [7, 11) is 0. The maximum Gasteiger partial charge on any atom is 0.306 e. The van der Waals surface area contributed by atoms with Crippen LogP contribution in [0.2, 0.25) is 0 Å². The molecule has 0 radical (unpaired) electrons. The molecule has 0 spiro atoms. The van der Waals surface area contributed by atoms with Crippen LogP contribution >= 0.6 is 0 Å². The molecule has 204 valence electrons. The van der Waals surface area contributed by atoms with Crippen LogP contribution in [-0.2, 0) is 23.7 Å². The fourth-order valence-electron chi connectivity index (χ4n) is 5.60. The number of carbonyl (C=O) groups excluding carboxylic acids is 1. The Labute approximate surface area is 214 Å². The normalized spacial score (nSPS) is 31.2. The first-order valence-corrected chi connectivity index (χ1v) is 12.6. The number of hydrogen-bond acceptors (Lipinski definition) is 9. The summed E-state index contributed by atoms with van der Waals surface area (Å²) in [6.07, 6.45) is 1.14. The number of halogens is 2. The molecule has 0 amide bonds. The Hall–Kier alpha value is -2.41. The van der Waals surface area contributed by atoms with Gasteiger partial charge in [0, 0.05) is 31.6 Å². The van der Waals surface area contributed by atoms with Gasteiger partial charge in [0.2, 0.25) is 0 Å². The van der Waals surface area contributed by atoms with E-state index in [-0.39, 0.29) is 25.8 Å². The molecule has 3 saturated heterocycles. The number of likely N-dealkylation sites (tertiary alicyclic amines) is 1. The van der Waals surface area contributed by atoms with Crippen LogP contribution in [0.1, 0.15) is 60.1 Å². The first kappa shape index (κ1) is 26.2. The van der Waals surface area contributed by atoms with Crippen LogP contribution in [0.15, 0.2) is 18.6 Å². The SMILES string of the molecule is CC(C)(C)OC(=O)CC[C@H]1CC(F)(F)CN1C[C@H]1O[C@@H](n2ccc3c(N)ncnc32)[C@@H]2OC(C)(C)O[C@@H]21. The number of hydrogen-bond donors (Lipinski definition) is 1. The van der Waals surface area contributed by atoms with E-state index in [0.29, 0.717) is 16.9 Å². The average Bonchev–Trinajstić information content (AvgIpc) is 3.47. The standard InChI is InChI=1S/C25H35F2N5O5/c1-23(2,3)35-17(33)7-6-14-10-25(26,27)12-31(14)11-16-18-19(37-24(4,5)36-18)22(34-16)32-9-8-15-20(28)29-13-30-21(15)32/h8-9,13-14,16,18-19,22H,6-7,10-12H2,1-5H3,(H2,28,29,30)/t14-,16+,18+,19+,22+/m0/s1. The molecule has 2 aromatic heterocycles. The first-order valence-electron chi connectivity index (χ1n) is 12.6. The zero-order chi connectivity index (χ0) is 26.8. The highest BCUT2D eigenvalue weighted by Gasteiger charge is 2.57. The van der Waals surface area contributed by atoms with Crippen molar-refractivity contribution in [1.82, 2.24) is 19.4 Å². The molecule has 0 aliphatic carbocycles. The van der Waals surface area contributed by atoms with Gasteiger partial charge in [0.25, 0.3) is 5.92 Å². The van der Waals surface area contributed by atoms with E-state index in [2.05, 4.69) is 9.97 Å². The van der Waals surface area contributed by atoms with Crippen molar-refractivity contribution < 1.29 is 32.5 Å². The molecule has 3 fully saturated rings. The van der Waals surface area contributed by atoms with E-state index in [9.17, 15) is 13.6 Å². The number of ether oxygens (including phenoxy) is 4. The lowest BCUT2D eigenvalue weighted by Gasteiger charge is -2.30. The molecule has 37 heavy (non-hydrogen) atoms. The Bertz CT molecular complexity index is 1170. The van der Waals surface area contributed by atoms with E-state index in [1.807, 2.05) is 30.7 Å². The second kappa shape index (κ2) is 9.11. The smallest absolute Gasteiger partial charge is 0.306 e. The summed E-state index contributed by atoms with van der Waals surface area (Å²) in [5, 5.41) is 0.686. The first-order chi connectivity index (χ1) is 17.2. The minimum Gasteiger partial charge on any atom is -0.460 e. The number of anilines is 1. The van der Waals surface area contributed by atoms with Gasteiger partial charge in [-0.3, -0.25) is 9.69 Å². The quantitative estimate of drug-likeness (QED) is 0.570. The van der Waals surface area contributed by atoms with Crippen molar-refractivity contribution in [2.45, 2.75) is 102 Å². The lowest BCUT2D eigenvalue weighted by Crippen LogP contribution is -2.42. The zero-order valence-corrected chi connectivity index (χ0v) is 21.8. The number of rotatable bonds is 6. The lowest BCUT2D eigenvalue weighted by atomic mass is 10.1. The van der Waals surface area contributed by atoms with Gasteiger partial charge in [0.1, 0.15) is 41.7 Å². The van der Waals surface area contributed by atoms with Crippen molar-refractivity contribution in [2.75, 3.05) is 18.8 Å². The summed E-state index contributed by atoms with van der Waals surface area (Å²) in [5.41, 5.74) is 5.98. The van der Waals surface area contributed by atoms with Crippen LogP contribution in [0.3, 0.4) is 0 Å². The second-order valence-electron chi connectivity index (χ2n) is 11.6. The van der Waals surface area contributed by atoms with E-state index in [1.165, 1.54) is 6.33 Å². The number of nitrogens with two attached hydrogens (primary N) is 1. The van der Waals surface area contributed by atoms with Crippen LogP contribution in [-0.4, -0.2) is 80.2 Å². The fraction of sp³-hybridized carbons (Fsp3) is 0.720. The Morgan fingerprint density at radius 2 is 1.97 bits per heavy atom. The number of nitrogen functional groups attached to an aromatic ring is 1. The van der Waals surface area contributed by atoms with Crippen molar-refractivity contribution >= 4 is 22.8 Å². The van der Waals surface area contributed by atoms with Crippen LogP contribution in [0, 0.1) is 0 Å². The molecular weight excluding hydrogens is 488 g/mol. The van der Waals surface area contributed by atoms with Crippen molar-refractivity contribution in [3.8, 4) is 0 Å². The van der Waals surface area contributed by atoms with Gasteiger partial charge in [-0.25, -0.2) is 18.7 Å². The average molecular weight is 524 g/mol. The summed E-state index contributed by atoms with van der Waals surface area (Å²) >= 11 is 0. The molecular formula is C25H35F2N5O5. The predicted molar refractivity (Wildman–Crippen MR) is 130 cm³/mol.